The summed E-state index contributed by atoms with van der Waals surface area (Å²) >= 11 is 0. The van der Waals surface area contributed by atoms with Crippen molar-refractivity contribution in [2.24, 2.45) is 0 Å². The van der Waals surface area contributed by atoms with Crippen molar-refractivity contribution in [3.63, 3.8) is 0 Å². The number of rotatable bonds is 3. The molecule has 8 nitrogen and oxygen atoms in total. The first-order valence-corrected chi connectivity index (χ1v) is 8.82. The van der Waals surface area contributed by atoms with Gasteiger partial charge in [0.15, 0.2) is 11.5 Å². The molecule has 25 heavy (non-hydrogen) atoms. The number of anilines is 2. The van der Waals surface area contributed by atoms with Gasteiger partial charge in [0, 0.05) is 18.8 Å². The maximum Gasteiger partial charge on any atom is 0.178 e. The fraction of sp³-hybridized carbons (Fsp3) is 0.471. The summed E-state index contributed by atoms with van der Waals surface area (Å²) in [5.41, 5.74) is 4.13. The van der Waals surface area contributed by atoms with Crippen molar-refractivity contribution >= 4 is 17.2 Å². The SMILES string of the molecule is c1nc2c(Nc3cc4n(n3)CCOC4)cc([C@@H]3CCCNC3)cn2n1. The number of nitrogens with zero attached hydrogens (tertiary/aromatic N) is 5. The lowest BCUT2D eigenvalue weighted by Crippen LogP contribution is -2.28. The Morgan fingerprint density at radius 1 is 1.32 bits per heavy atom. The molecule has 3 aromatic rings. The normalized spacial score (nSPS) is 20.6. The van der Waals surface area contributed by atoms with Crippen molar-refractivity contribution in [1.29, 1.82) is 0 Å². The molecule has 0 aliphatic carbocycles. The zero-order valence-corrected chi connectivity index (χ0v) is 14.0. The van der Waals surface area contributed by atoms with Gasteiger partial charge in [-0.1, -0.05) is 0 Å². The molecule has 130 valence electrons. The molecule has 0 radical (unpaired) electrons. The van der Waals surface area contributed by atoms with Crippen molar-refractivity contribution in [3.8, 4) is 0 Å². The summed E-state index contributed by atoms with van der Waals surface area (Å²) in [6, 6.07) is 4.23. The minimum atomic E-state index is 0.506. The molecule has 1 saturated heterocycles. The lowest BCUT2D eigenvalue weighted by Gasteiger charge is -2.23. The van der Waals surface area contributed by atoms with Crippen LogP contribution in [0, 0.1) is 0 Å². The highest BCUT2D eigenvalue weighted by atomic mass is 16.5. The first kappa shape index (κ1) is 14.9. The van der Waals surface area contributed by atoms with Crippen LogP contribution < -0.4 is 10.6 Å². The smallest absolute Gasteiger partial charge is 0.178 e. The Labute approximate surface area is 145 Å². The average Bonchev–Trinajstić information content (AvgIpc) is 3.28. The molecule has 5 heterocycles. The van der Waals surface area contributed by atoms with E-state index in [1.54, 1.807) is 6.33 Å². The Hall–Kier alpha value is -2.45. The highest BCUT2D eigenvalue weighted by molar-refractivity contribution is 5.73. The van der Waals surface area contributed by atoms with Crippen LogP contribution in [0.1, 0.15) is 30.0 Å². The van der Waals surface area contributed by atoms with Gasteiger partial charge in [0.2, 0.25) is 0 Å². The summed E-state index contributed by atoms with van der Waals surface area (Å²) in [4.78, 5) is 4.40. The number of nitrogens with one attached hydrogen (secondary N) is 2. The number of fused-ring (bicyclic) bond motifs is 2. The molecule has 0 unspecified atom stereocenters. The van der Waals surface area contributed by atoms with Crippen LogP contribution in [-0.4, -0.2) is 44.1 Å². The second-order valence-corrected chi connectivity index (χ2v) is 6.68. The monoisotopic (exact) mass is 339 g/mol. The lowest BCUT2D eigenvalue weighted by atomic mass is 9.92. The molecule has 0 bridgehead atoms. The van der Waals surface area contributed by atoms with Crippen molar-refractivity contribution in [2.45, 2.75) is 31.9 Å². The van der Waals surface area contributed by atoms with Gasteiger partial charge < -0.3 is 15.4 Å². The molecule has 1 atom stereocenters. The third-order valence-electron chi connectivity index (χ3n) is 4.99. The zero-order valence-electron chi connectivity index (χ0n) is 14.0. The summed E-state index contributed by atoms with van der Waals surface area (Å²) in [5.74, 6) is 1.33. The second-order valence-electron chi connectivity index (χ2n) is 6.68. The number of piperidine rings is 1. The van der Waals surface area contributed by atoms with E-state index in [1.165, 1.54) is 18.4 Å². The van der Waals surface area contributed by atoms with E-state index in [0.29, 0.717) is 19.1 Å². The predicted molar refractivity (Wildman–Crippen MR) is 93.0 cm³/mol. The van der Waals surface area contributed by atoms with E-state index in [-0.39, 0.29) is 0 Å². The largest absolute Gasteiger partial charge is 0.373 e. The lowest BCUT2D eigenvalue weighted by molar-refractivity contribution is 0.0801. The zero-order chi connectivity index (χ0) is 16.6. The van der Waals surface area contributed by atoms with Crippen LogP contribution >= 0.6 is 0 Å². The van der Waals surface area contributed by atoms with Crippen LogP contribution in [-0.2, 0) is 17.9 Å². The van der Waals surface area contributed by atoms with Gasteiger partial charge in [0.05, 0.1) is 31.1 Å². The summed E-state index contributed by atoms with van der Waals surface area (Å²) < 4.78 is 9.35. The summed E-state index contributed by atoms with van der Waals surface area (Å²) in [7, 11) is 0. The Kier molecular flexibility index (Phi) is 3.64. The van der Waals surface area contributed by atoms with Gasteiger partial charge in [-0.05, 0) is 36.9 Å². The maximum atomic E-state index is 5.49. The third kappa shape index (κ3) is 2.77. The molecule has 0 spiro atoms. The Balaban J connectivity index is 1.50. The molecule has 1 fully saturated rings. The van der Waals surface area contributed by atoms with Gasteiger partial charge in [-0.15, -0.1) is 0 Å². The number of hydrogen-bond donors (Lipinski definition) is 2. The number of hydrogen-bond acceptors (Lipinski definition) is 6. The Morgan fingerprint density at radius 2 is 2.32 bits per heavy atom. The van der Waals surface area contributed by atoms with Gasteiger partial charge in [0.25, 0.3) is 0 Å². The molecule has 8 heteroatoms. The Bertz CT molecular complexity index is 870. The molecule has 2 aliphatic rings. The van der Waals surface area contributed by atoms with E-state index in [1.807, 2.05) is 15.3 Å². The molecule has 3 aromatic heterocycles. The van der Waals surface area contributed by atoms with Crippen molar-refractivity contribution in [1.82, 2.24) is 29.7 Å². The van der Waals surface area contributed by atoms with E-state index < -0.39 is 0 Å². The van der Waals surface area contributed by atoms with E-state index in [4.69, 9.17) is 4.74 Å². The van der Waals surface area contributed by atoms with Gasteiger partial charge in [0.1, 0.15) is 6.33 Å². The van der Waals surface area contributed by atoms with Crippen LogP contribution in [0.2, 0.25) is 0 Å². The first-order valence-electron chi connectivity index (χ1n) is 8.82. The minimum Gasteiger partial charge on any atom is -0.373 e. The van der Waals surface area contributed by atoms with Crippen LogP contribution in [0.5, 0.6) is 0 Å². The van der Waals surface area contributed by atoms with Gasteiger partial charge in [-0.2, -0.15) is 10.2 Å². The quantitative estimate of drug-likeness (QED) is 0.755. The minimum absolute atomic E-state index is 0.506. The molecular formula is C17H21N7O. The van der Waals surface area contributed by atoms with Crippen LogP contribution in [0.15, 0.2) is 24.7 Å². The van der Waals surface area contributed by atoms with Crippen molar-refractivity contribution in [2.75, 3.05) is 25.0 Å². The van der Waals surface area contributed by atoms with Crippen molar-refractivity contribution in [3.05, 3.63) is 35.9 Å². The van der Waals surface area contributed by atoms with Gasteiger partial charge in [-0.25, -0.2) is 9.50 Å². The maximum absolute atomic E-state index is 5.49. The highest BCUT2D eigenvalue weighted by Crippen LogP contribution is 2.29. The fourth-order valence-corrected chi connectivity index (χ4v) is 3.69. The van der Waals surface area contributed by atoms with Gasteiger partial charge >= 0.3 is 0 Å². The first-order chi connectivity index (χ1) is 12.4. The summed E-state index contributed by atoms with van der Waals surface area (Å²) in [6.45, 7) is 4.24. The highest BCUT2D eigenvalue weighted by Gasteiger charge is 2.19. The molecule has 0 amide bonds. The summed E-state index contributed by atoms with van der Waals surface area (Å²) in [5, 5.41) is 15.9. The number of pyridine rings is 1. The van der Waals surface area contributed by atoms with E-state index in [2.05, 4.69) is 38.1 Å². The molecule has 2 N–H and O–H groups in total. The standard InChI is InChI=1S/C17H21N7O/c1-2-12(8-18-3-1)13-6-15(17-19-11-20-24(17)9-13)21-16-7-14-10-25-5-4-23(14)22-16/h6-7,9,11-12,18H,1-5,8,10H2,(H,21,22)/t12-/m1/s1. The van der Waals surface area contributed by atoms with Crippen LogP contribution in [0.3, 0.4) is 0 Å². The van der Waals surface area contributed by atoms with Crippen LogP contribution in [0.25, 0.3) is 5.65 Å². The average molecular weight is 339 g/mol. The fourth-order valence-electron chi connectivity index (χ4n) is 3.69. The van der Waals surface area contributed by atoms with E-state index in [9.17, 15) is 0 Å². The number of ether oxygens (including phenoxy) is 1. The molecule has 0 saturated carbocycles. The molecule has 5 rings (SSSR count). The third-order valence-corrected chi connectivity index (χ3v) is 4.99. The summed E-state index contributed by atoms with van der Waals surface area (Å²) in [6.07, 6.45) is 6.09. The molecule has 0 aromatic carbocycles. The topological polar surface area (TPSA) is 81.3 Å². The Morgan fingerprint density at radius 3 is 3.20 bits per heavy atom. The molecular weight excluding hydrogens is 318 g/mol. The van der Waals surface area contributed by atoms with E-state index in [0.717, 1.165) is 42.5 Å². The second kappa shape index (κ2) is 6.12. The van der Waals surface area contributed by atoms with E-state index >= 15 is 0 Å². The van der Waals surface area contributed by atoms with Crippen LogP contribution in [0.4, 0.5) is 11.5 Å². The van der Waals surface area contributed by atoms with Crippen molar-refractivity contribution < 1.29 is 4.74 Å². The van der Waals surface area contributed by atoms with Gasteiger partial charge in [-0.3, -0.25) is 4.68 Å². The molecule has 2 aliphatic heterocycles. The predicted octanol–water partition coefficient (Wildman–Crippen LogP) is 1.67. The number of aromatic nitrogens is 5.